The third kappa shape index (κ3) is 1.36. The summed E-state index contributed by atoms with van der Waals surface area (Å²) in [6, 6.07) is 6.58. The molecule has 0 amide bonds. The van der Waals surface area contributed by atoms with Gasteiger partial charge in [-0.1, -0.05) is 18.2 Å². The molecule has 1 aliphatic heterocycles. The van der Waals surface area contributed by atoms with E-state index in [1.807, 2.05) is 0 Å². The zero-order valence-electron chi connectivity index (χ0n) is 10.1. The summed E-state index contributed by atoms with van der Waals surface area (Å²) in [6.07, 6.45) is 0. The molecule has 2 N–H and O–H groups in total. The number of rotatable bonds is 2. The van der Waals surface area contributed by atoms with Crippen LogP contribution in [0, 0.1) is 31.6 Å². The summed E-state index contributed by atoms with van der Waals surface area (Å²) >= 11 is 0. The Morgan fingerprint density at radius 1 is 1.19 bits per heavy atom. The Bertz CT molecular complexity index is 381. The number of benzene rings is 1. The Hall–Kier alpha value is -1.02. The summed E-state index contributed by atoms with van der Waals surface area (Å²) in [5.41, 5.74) is 10.0. The molecule has 86 valence electrons. The summed E-state index contributed by atoms with van der Waals surface area (Å²) in [5.74, 6) is 2.58. The standard InChI is InChI=1S/C14H20N2/c1-9-4-3-5-10(2)14(9)16-7-12-11(6-15)13(12)8-16/h3-5,11-13H,6-8,15H2,1-2H3. The van der Waals surface area contributed by atoms with Gasteiger partial charge in [0.25, 0.3) is 0 Å². The lowest BCUT2D eigenvalue weighted by molar-refractivity contribution is 0.646. The van der Waals surface area contributed by atoms with Crippen molar-refractivity contribution in [2.24, 2.45) is 23.5 Å². The molecule has 3 rings (SSSR count). The van der Waals surface area contributed by atoms with Crippen molar-refractivity contribution in [1.82, 2.24) is 0 Å². The maximum atomic E-state index is 5.75. The zero-order valence-corrected chi connectivity index (χ0v) is 10.1. The molecule has 0 spiro atoms. The van der Waals surface area contributed by atoms with E-state index in [1.54, 1.807) is 0 Å². The molecule has 0 aromatic heterocycles. The van der Waals surface area contributed by atoms with Crippen LogP contribution in [-0.4, -0.2) is 19.6 Å². The Morgan fingerprint density at radius 2 is 1.75 bits per heavy atom. The fourth-order valence-corrected chi connectivity index (χ4v) is 3.49. The second-order valence-electron chi connectivity index (χ2n) is 5.37. The highest BCUT2D eigenvalue weighted by atomic mass is 15.2. The van der Waals surface area contributed by atoms with Crippen LogP contribution in [0.5, 0.6) is 0 Å². The molecule has 1 saturated heterocycles. The van der Waals surface area contributed by atoms with Gasteiger partial charge < -0.3 is 10.6 Å². The molecule has 1 aromatic carbocycles. The molecule has 2 fully saturated rings. The second-order valence-corrected chi connectivity index (χ2v) is 5.37. The van der Waals surface area contributed by atoms with E-state index in [0.29, 0.717) is 0 Å². The normalized spacial score (nSPS) is 31.7. The Morgan fingerprint density at radius 3 is 2.25 bits per heavy atom. The summed E-state index contributed by atoms with van der Waals surface area (Å²) in [7, 11) is 0. The number of aryl methyl sites for hydroxylation is 2. The van der Waals surface area contributed by atoms with Gasteiger partial charge in [-0.25, -0.2) is 0 Å². The number of hydrogen-bond acceptors (Lipinski definition) is 2. The van der Waals surface area contributed by atoms with Crippen molar-refractivity contribution >= 4 is 5.69 Å². The summed E-state index contributed by atoms with van der Waals surface area (Å²) in [5, 5.41) is 0. The maximum Gasteiger partial charge on any atom is 0.0425 e. The average Bonchev–Trinajstić information content (AvgIpc) is 2.72. The lowest BCUT2D eigenvalue weighted by Crippen LogP contribution is -2.27. The fraction of sp³-hybridized carbons (Fsp3) is 0.571. The van der Waals surface area contributed by atoms with Crippen molar-refractivity contribution in [1.29, 1.82) is 0 Å². The SMILES string of the molecule is Cc1cccc(C)c1N1CC2C(CN)C2C1. The largest absolute Gasteiger partial charge is 0.371 e. The number of para-hydroxylation sites is 1. The molecule has 0 bridgehead atoms. The quantitative estimate of drug-likeness (QED) is 0.818. The van der Waals surface area contributed by atoms with E-state index in [1.165, 1.54) is 29.9 Å². The van der Waals surface area contributed by atoms with Crippen LogP contribution >= 0.6 is 0 Å². The number of nitrogens with zero attached hydrogens (tertiary/aromatic N) is 1. The first-order valence-electron chi connectivity index (χ1n) is 6.23. The molecule has 0 radical (unpaired) electrons. The van der Waals surface area contributed by atoms with Gasteiger partial charge >= 0.3 is 0 Å². The Balaban J connectivity index is 1.81. The third-order valence-corrected chi connectivity index (χ3v) is 4.40. The minimum Gasteiger partial charge on any atom is -0.371 e. The van der Waals surface area contributed by atoms with Gasteiger partial charge in [-0.3, -0.25) is 0 Å². The van der Waals surface area contributed by atoms with Crippen molar-refractivity contribution in [3.05, 3.63) is 29.3 Å². The van der Waals surface area contributed by atoms with E-state index in [0.717, 1.165) is 24.3 Å². The van der Waals surface area contributed by atoms with Crippen LogP contribution in [0.2, 0.25) is 0 Å². The second kappa shape index (κ2) is 3.49. The molecule has 2 unspecified atom stereocenters. The summed E-state index contributed by atoms with van der Waals surface area (Å²) < 4.78 is 0. The first-order chi connectivity index (χ1) is 7.72. The molecular weight excluding hydrogens is 196 g/mol. The Labute approximate surface area is 97.4 Å². The lowest BCUT2D eigenvalue weighted by atomic mass is 10.1. The minimum atomic E-state index is 0.820. The van der Waals surface area contributed by atoms with Gasteiger partial charge in [-0.2, -0.15) is 0 Å². The van der Waals surface area contributed by atoms with Crippen molar-refractivity contribution in [2.45, 2.75) is 13.8 Å². The van der Waals surface area contributed by atoms with Crippen LogP contribution in [0.15, 0.2) is 18.2 Å². The minimum absolute atomic E-state index is 0.820. The molecule has 1 heterocycles. The highest BCUT2D eigenvalue weighted by molar-refractivity contribution is 5.60. The van der Waals surface area contributed by atoms with Gasteiger partial charge in [-0.05, 0) is 49.3 Å². The number of nitrogens with two attached hydrogens (primary N) is 1. The van der Waals surface area contributed by atoms with E-state index in [2.05, 4.69) is 36.9 Å². The van der Waals surface area contributed by atoms with Crippen LogP contribution < -0.4 is 10.6 Å². The highest BCUT2D eigenvalue weighted by Gasteiger charge is 2.54. The van der Waals surface area contributed by atoms with Crippen LogP contribution in [0.25, 0.3) is 0 Å². The van der Waals surface area contributed by atoms with E-state index in [9.17, 15) is 0 Å². The predicted octanol–water partition coefficient (Wildman–Crippen LogP) is 1.94. The van der Waals surface area contributed by atoms with Gasteiger partial charge in [0, 0.05) is 18.8 Å². The topological polar surface area (TPSA) is 29.3 Å². The van der Waals surface area contributed by atoms with Crippen molar-refractivity contribution in [3.63, 3.8) is 0 Å². The van der Waals surface area contributed by atoms with Gasteiger partial charge in [0.05, 0.1) is 0 Å². The Kier molecular flexibility index (Phi) is 2.21. The van der Waals surface area contributed by atoms with E-state index in [4.69, 9.17) is 5.73 Å². The number of piperidine rings is 1. The van der Waals surface area contributed by atoms with E-state index < -0.39 is 0 Å². The number of hydrogen-bond donors (Lipinski definition) is 1. The van der Waals surface area contributed by atoms with Gasteiger partial charge in [0.2, 0.25) is 0 Å². The monoisotopic (exact) mass is 216 g/mol. The molecule has 1 saturated carbocycles. The van der Waals surface area contributed by atoms with Gasteiger partial charge in [0.15, 0.2) is 0 Å². The van der Waals surface area contributed by atoms with Crippen LogP contribution in [-0.2, 0) is 0 Å². The zero-order chi connectivity index (χ0) is 11.3. The average molecular weight is 216 g/mol. The maximum absolute atomic E-state index is 5.75. The fourth-order valence-electron chi connectivity index (χ4n) is 3.49. The van der Waals surface area contributed by atoms with Gasteiger partial charge in [-0.15, -0.1) is 0 Å². The third-order valence-electron chi connectivity index (χ3n) is 4.40. The smallest absolute Gasteiger partial charge is 0.0425 e. The molecule has 1 aliphatic carbocycles. The van der Waals surface area contributed by atoms with E-state index in [-0.39, 0.29) is 0 Å². The molecule has 2 heteroatoms. The van der Waals surface area contributed by atoms with Crippen LogP contribution in [0.1, 0.15) is 11.1 Å². The van der Waals surface area contributed by atoms with Crippen LogP contribution in [0.4, 0.5) is 5.69 Å². The molecular formula is C14H20N2. The number of fused-ring (bicyclic) bond motifs is 1. The first kappa shape index (κ1) is 10.2. The van der Waals surface area contributed by atoms with Gasteiger partial charge in [0.1, 0.15) is 0 Å². The molecule has 2 atom stereocenters. The lowest BCUT2D eigenvalue weighted by Gasteiger charge is -2.25. The molecule has 2 nitrogen and oxygen atoms in total. The van der Waals surface area contributed by atoms with Crippen LogP contribution in [0.3, 0.4) is 0 Å². The molecule has 16 heavy (non-hydrogen) atoms. The summed E-state index contributed by atoms with van der Waals surface area (Å²) in [6.45, 7) is 7.76. The number of anilines is 1. The predicted molar refractivity (Wildman–Crippen MR) is 67.7 cm³/mol. The van der Waals surface area contributed by atoms with Crippen molar-refractivity contribution in [2.75, 3.05) is 24.5 Å². The highest BCUT2D eigenvalue weighted by Crippen LogP contribution is 2.52. The summed E-state index contributed by atoms with van der Waals surface area (Å²) in [4.78, 5) is 2.56. The molecule has 2 aliphatic rings. The molecule has 1 aromatic rings. The first-order valence-corrected chi connectivity index (χ1v) is 6.23. The van der Waals surface area contributed by atoms with Crippen molar-refractivity contribution in [3.8, 4) is 0 Å². The van der Waals surface area contributed by atoms with E-state index >= 15 is 0 Å². The van der Waals surface area contributed by atoms with Crippen molar-refractivity contribution < 1.29 is 0 Å².